The highest BCUT2D eigenvalue weighted by molar-refractivity contribution is 6.72. The van der Waals surface area contributed by atoms with Crippen molar-refractivity contribution < 1.29 is 33.1 Å². The maximum Gasteiger partial charge on any atom is 0.305 e. The third kappa shape index (κ3) is 7.45. The maximum absolute atomic E-state index is 16.5. The molecule has 52 heavy (non-hydrogen) atoms. The minimum atomic E-state index is -3.42. The van der Waals surface area contributed by atoms with Gasteiger partial charge in [0.25, 0.3) is 5.91 Å². The predicted octanol–water partition coefficient (Wildman–Crippen LogP) is 6.25. The van der Waals surface area contributed by atoms with Crippen molar-refractivity contribution in [1.29, 1.82) is 0 Å². The van der Waals surface area contributed by atoms with E-state index in [0.29, 0.717) is 62.3 Å². The van der Waals surface area contributed by atoms with E-state index in [-0.39, 0.29) is 36.7 Å². The molecular formula is C39H52FN5O6Si. The zero-order chi connectivity index (χ0) is 37.0. The number of methoxy groups -OCH3 is 1. The number of ether oxygens (including phenoxy) is 2. The Hall–Kier alpha value is -3.94. The van der Waals surface area contributed by atoms with E-state index in [4.69, 9.17) is 9.47 Å². The molecule has 4 heterocycles. The number of unbranched alkanes of at least 4 members (excludes halogenated alkanes) is 1. The van der Waals surface area contributed by atoms with Gasteiger partial charge in [0.15, 0.2) is 5.60 Å². The van der Waals surface area contributed by atoms with Gasteiger partial charge in [-0.1, -0.05) is 55.3 Å². The normalized spacial score (nSPS) is 24.2. The second-order valence-corrected chi connectivity index (χ2v) is 18.8. The number of hydrogen-bond acceptors (Lipinski definition) is 8. The van der Waals surface area contributed by atoms with E-state index in [1.807, 2.05) is 66.6 Å². The number of aliphatic hydroxyl groups excluding tert-OH is 1. The van der Waals surface area contributed by atoms with E-state index in [1.54, 1.807) is 22.7 Å². The molecule has 3 aliphatic rings. The number of benzene rings is 2. The maximum atomic E-state index is 16.5. The molecule has 2 amide bonds. The van der Waals surface area contributed by atoms with Crippen LogP contribution in [-0.4, -0.2) is 79.2 Å². The van der Waals surface area contributed by atoms with Gasteiger partial charge >= 0.3 is 5.97 Å². The molecule has 3 aromatic rings. The fourth-order valence-electron chi connectivity index (χ4n) is 8.67. The minimum absolute atomic E-state index is 0.0639. The molecule has 0 saturated carbocycles. The zero-order valence-electron chi connectivity index (χ0n) is 30.8. The second-order valence-electron chi connectivity index (χ2n) is 15.0. The van der Waals surface area contributed by atoms with Gasteiger partial charge in [-0.15, -0.1) is 5.10 Å². The first-order chi connectivity index (χ1) is 25.0. The molecule has 1 spiro atoms. The third-order valence-corrected chi connectivity index (χ3v) is 13.7. The number of rotatable bonds is 13. The first-order valence-corrected chi connectivity index (χ1v) is 21.7. The van der Waals surface area contributed by atoms with E-state index in [2.05, 4.69) is 10.3 Å². The highest BCUT2D eigenvalue weighted by Crippen LogP contribution is 2.60. The molecule has 2 aromatic carbocycles. The average molecular weight is 734 g/mol. The summed E-state index contributed by atoms with van der Waals surface area (Å²) in [7, 11) is -2.06. The molecule has 3 aliphatic heterocycles. The Morgan fingerprint density at radius 2 is 1.87 bits per heavy atom. The Morgan fingerprint density at radius 3 is 2.60 bits per heavy atom. The number of nitrogens with zero attached hydrogens (tertiary/aromatic N) is 5. The summed E-state index contributed by atoms with van der Waals surface area (Å²) in [5.41, 5.74) is 1.73. The SMILES string of the molecule is COC(=O)CCCCN1C(=O)[C@]2(O[C@H](CCn3cc(C(CO)c4ccccc4)nn3)[C@@H]([Si](C)(C)F)[C@@H]2C)c2cc(N3CCCCCCC3=O)ccc21. The number of carbonyl (C=O) groups excluding carboxylic acids is 3. The molecule has 0 radical (unpaired) electrons. The van der Waals surface area contributed by atoms with Crippen molar-refractivity contribution in [3.63, 3.8) is 0 Å². The first kappa shape index (κ1) is 37.8. The van der Waals surface area contributed by atoms with Crippen molar-refractivity contribution in [2.24, 2.45) is 5.92 Å². The topological polar surface area (TPSA) is 127 Å². The van der Waals surface area contributed by atoms with Crippen LogP contribution in [0.3, 0.4) is 0 Å². The molecule has 280 valence electrons. The largest absolute Gasteiger partial charge is 0.469 e. The van der Waals surface area contributed by atoms with Crippen molar-refractivity contribution in [3.8, 4) is 0 Å². The first-order valence-electron chi connectivity index (χ1n) is 18.8. The number of aliphatic hydroxyl groups is 1. The summed E-state index contributed by atoms with van der Waals surface area (Å²) >= 11 is 0. The highest BCUT2D eigenvalue weighted by Gasteiger charge is 2.66. The van der Waals surface area contributed by atoms with Crippen LogP contribution in [0.1, 0.15) is 87.4 Å². The number of hydrogen-bond donors (Lipinski definition) is 1. The van der Waals surface area contributed by atoms with Crippen LogP contribution in [0, 0.1) is 5.92 Å². The van der Waals surface area contributed by atoms with Gasteiger partial charge < -0.3 is 28.5 Å². The van der Waals surface area contributed by atoms with E-state index >= 15 is 4.11 Å². The highest BCUT2D eigenvalue weighted by atomic mass is 28.4. The molecule has 13 heteroatoms. The van der Waals surface area contributed by atoms with Crippen LogP contribution in [-0.2, 0) is 36.0 Å². The number of halogens is 1. The number of amides is 2. The molecule has 1 unspecified atom stereocenters. The van der Waals surface area contributed by atoms with Crippen LogP contribution in [0.25, 0.3) is 0 Å². The third-order valence-electron chi connectivity index (χ3n) is 11.3. The summed E-state index contributed by atoms with van der Waals surface area (Å²) in [6, 6.07) is 15.4. The van der Waals surface area contributed by atoms with Crippen molar-refractivity contribution in [1.82, 2.24) is 15.0 Å². The van der Waals surface area contributed by atoms with Crippen LogP contribution < -0.4 is 9.80 Å². The Morgan fingerprint density at radius 1 is 1.10 bits per heavy atom. The van der Waals surface area contributed by atoms with E-state index in [1.165, 1.54) is 7.11 Å². The summed E-state index contributed by atoms with van der Waals surface area (Å²) in [6.45, 7) is 6.53. The molecule has 0 aliphatic carbocycles. The molecule has 2 saturated heterocycles. The fraction of sp³-hybridized carbons (Fsp3) is 0.564. The van der Waals surface area contributed by atoms with E-state index in [9.17, 15) is 19.5 Å². The molecule has 2 fully saturated rings. The number of aryl methyl sites for hydroxylation is 1. The Labute approximate surface area is 306 Å². The van der Waals surface area contributed by atoms with Gasteiger partial charge in [0.1, 0.15) is 0 Å². The summed E-state index contributed by atoms with van der Waals surface area (Å²) in [5, 5.41) is 18.9. The predicted molar refractivity (Wildman–Crippen MR) is 198 cm³/mol. The molecular weight excluding hydrogens is 682 g/mol. The Balaban J connectivity index is 1.32. The lowest BCUT2D eigenvalue weighted by Gasteiger charge is -2.32. The van der Waals surface area contributed by atoms with Gasteiger partial charge in [-0.25, -0.2) is 0 Å². The summed E-state index contributed by atoms with van der Waals surface area (Å²) in [4.78, 5) is 43.6. The molecule has 0 bridgehead atoms. The lowest BCUT2D eigenvalue weighted by molar-refractivity contribution is -0.146. The quantitative estimate of drug-likeness (QED) is 0.0946. The van der Waals surface area contributed by atoms with Crippen LogP contribution in [0.4, 0.5) is 15.5 Å². The molecule has 11 nitrogen and oxygen atoms in total. The Bertz CT molecular complexity index is 1730. The number of fused-ring (bicyclic) bond motifs is 2. The average Bonchev–Trinajstić information content (AvgIpc) is 3.78. The number of aromatic nitrogens is 3. The van der Waals surface area contributed by atoms with Crippen molar-refractivity contribution in [2.75, 3.05) is 36.6 Å². The monoisotopic (exact) mass is 733 g/mol. The fourth-order valence-corrected chi connectivity index (χ4v) is 11.2. The lowest BCUT2D eigenvalue weighted by Crippen LogP contribution is -2.45. The Kier molecular flexibility index (Phi) is 11.6. The molecule has 6 rings (SSSR count). The van der Waals surface area contributed by atoms with Gasteiger partial charge in [0.05, 0.1) is 37.1 Å². The smallest absolute Gasteiger partial charge is 0.305 e. The lowest BCUT2D eigenvalue weighted by atomic mass is 9.82. The second kappa shape index (κ2) is 16.0. The minimum Gasteiger partial charge on any atom is -0.469 e. The number of anilines is 2. The molecule has 1 aromatic heterocycles. The van der Waals surface area contributed by atoms with Gasteiger partial charge in [0.2, 0.25) is 14.3 Å². The van der Waals surface area contributed by atoms with Crippen LogP contribution in [0.2, 0.25) is 18.6 Å². The molecule has 5 atom stereocenters. The van der Waals surface area contributed by atoms with Crippen LogP contribution in [0.15, 0.2) is 54.7 Å². The zero-order valence-corrected chi connectivity index (χ0v) is 31.8. The summed E-state index contributed by atoms with van der Waals surface area (Å²) in [5.74, 6) is -1.28. The van der Waals surface area contributed by atoms with Crippen molar-refractivity contribution in [3.05, 3.63) is 71.5 Å². The van der Waals surface area contributed by atoms with Crippen molar-refractivity contribution >= 4 is 37.6 Å². The molecule has 1 N–H and O–H groups in total. The standard InChI is InChI=1S/C39H52FN5O6Si/c1-27-37(52(3,4)40)34(20-23-43-25-32(41-42-43)30(26-46)28-14-8-7-9-15-28)51-39(27)31-24-29(44-21-12-6-5-10-16-35(44)47)18-19-33(31)45(38(39)49)22-13-11-17-36(48)50-2/h7-9,14-15,18-19,24-25,27,30,34,37,46H,5-6,10-13,16-17,20-23,26H2,1-4H3/t27-,30?,34+,37-,39+/m0/s1. The van der Waals surface area contributed by atoms with Crippen LogP contribution in [0.5, 0.6) is 0 Å². The number of esters is 1. The summed E-state index contributed by atoms with van der Waals surface area (Å²) in [6.07, 6.45) is 7.31. The van der Waals surface area contributed by atoms with Crippen molar-refractivity contribution in [2.45, 2.75) is 108 Å². The van der Waals surface area contributed by atoms with E-state index < -0.39 is 31.6 Å². The van der Waals surface area contributed by atoms with Gasteiger partial charge in [0, 0.05) is 61.4 Å². The summed E-state index contributed by atoms with van der Waals surface area (Å²) < 4.78 is 30.0. The van der Waals surface area contributed by atoms with Gasteiger partial charge in [-0.2, -0.15) is 0 Å². The van der Waals surface area contributed by atoms with Gasteiger partial charge in [-0.3, -0.25) is 19.1 Å². The number of carbonyl (C=O) groups is 3. The van der Waals surface area contributed by atoms with Crippen LogP contribution >= 0.6 is 0 Å². The van der Waals surface area contributed by atoms with Gasteiger partial charge in [-0.05, 0) is 69.0 Å². The van der Waals surface area contributed by atoms with E-state index in [0.717, 1.165) is 36.9 Å².